The van der Waals surface area contributed by atoms with Gasteiger partial charge in [-0.1, -0.05) is 32.1 Å². The Bertz CT molecular complexity index is 256. The lowest BCUT2D eigenvalue weighted by Crippen LogP contribution is -2.18. The van der Waals surface area contributed by atoms with E-state index < -0.39 is 5.97 Å². The molecule has 3 aliphatic rings. The van der Waals surface area contributed by atoms with Gasteiger partial charge >= 0.3 is 5.97 Å². The first-order valence-corrected chi connectivity index (χ1v) is 6.50. The predicted molar refractivity (Wildman–Crippen MR) is 57.4 cm³/mol. The Morgan fingerprint density at radius 3 is 2.07 bits per heavy atom. The van der Waals surface area contributed by atoms with Crippen LogP contribution in [0.5, 0.6) is 0 Å². The Morgan fingerprint density at radius 1 is 0.933 bits per heavy atom. The second kappa shape index (κ2) is 3.50. The first kappa shape index (κ1) is 9.68. The van der Waals surface area contributed by atoms with Crippen LogP contribution in [0.15, 0.2) is 0 Å². The molecule has 84 valence electrons. The Morgan fingerprint density at radius 2 is 1.53 bits per heavy atom. The third kappa shape index (κ3) is 1.58. The molecule has 0 bridgehead atoms. The normalized spacial score (nSPS) is 45.1. The highest BCUT2D eigenvalue weighted by molar-refractivity contribution is 5.74. The number of carboxylic acid groups (broad SMARTS) is 1. The molecule has 3 fully saturated rings. The van der Waals surface area contributed by atoms with Crippen molar-refractivity contribution in [1.29, 1.82) is 0 Å². The Hall–Kier alpha value is -0.530. The largest absolute Gasteiger partial charge is 0.481 e. The van der Waals surface area contributed by atoms with Gasteiger partial charge in [-0.2, -0.15) is 0 Å². The fraction of sp³-hybridized carbons (Fsp3) is 0.923. The van der Waals surface area contributed by atoms with E-state index in [1.165, 1.54) is 44.9 Å². The summed E-state index contributed by atoms with van der Waals surface area (Å²) in [5, 5.41) is 8.96. The summed E-state index contributed by atoms with van der Waals surface area (Å²) in [6, 6.07) is 0. The van der Waals surface area contributed by atoms with Crippen LogP contribution in [0.4, 0.5) is 0 Å². The summed E-state index contributed by atoms with van der Waals surface area (Å²) in [5.41, 5.74) is 0. The summed E-state index contributed by atoms with van der Waals surface area (Å²) in [4.78, 5) is 10.9. The number of carboxylic acids is 1. The molecular formula is C13H20O2. The van der Waals surface area contributed by atoms with Crippen LogP contribution in [-0.2, 0) is 4.79 Å². The zero-order valence-corrected chi connectivity index (χ0v) is 9.19. The molecule has 0 amide bonds. The molecular weight excluding hydrogens is 188 g/mol. The molecule has 2 atom stereocenters. The Labute approximate surface area is 91.1 Å². The van der Waals surface area contributed by atoms with Crippen molar-refractivity contribution in [2.45, 2.75) is 44.9 Å². The third-order valence-corrected chi connectivity index (χ3v) is 5.08. The molecule has 2 nitrogen and oxygen atoms in total. The molecule has 0 aromatic heterocycles. The van der Waals surface area contributed by atoms with Gasteiger partial charge in [0.25, 0.3) is 0 Å². The second-order valence-corrected chi connectivity index (χ2v) is 5.82. The van der Waals surface area contributed by atoms with Gasteiger partial charge in [0.05, 0.1) is 5.92 Å². The summed E-state index contributed by atoms with van der Waals surface area (Å²) >= 11 is 0. The van der Waals surface area contributed by atoms with E-state index in [0.717, 1.165) is 11.8 Å². The third-order valence-electron chi connectivity index (χ3n) is 5.08. The van der Waals surface area contributed by atoms with E-state index in [9.17, 15) is 4.79 Å². The van der Waals surface area contributed by atoms with Crippen molar-refractivity contribution in [1.82, 2.24) is 0 Å². The van der Waals surface area contributed by atoms with E-state index in [0.29, 0.717) is 11.8 Å². The van der Waals surface area contributed by atoms with E-state index in [1.54, 1.807) is 0 Å². The first-order valence-electron chi connectivity index (χ1n) is 6.50. The van der Waals surface area contributed by atoms with Gasteiger partial charge < -0.3 is 5.11 Å². The lowest BCUT2D eigenvalue weighted by atomic mass is 9.77. The summed E-state index contributed by atoms with van der Waals surface area (Å²) in [6.45, 7) is 0. The van der Waals surface area contributed by atoms with Crippen molar-refractivity contribution >= 4 is 5.97 Å². The molecule has 0 heterocycles. The topological polar surface area (TPSA) is 37.3 Å². The van der Waals surface area contributed by atoms with Crippen molar-refractivity contribution in [3.63, 3.8) is 0 Å². The molecule has 0 spiro atoms. The molecule has 2 unspecified atom stereocenters. The van der Waals surface area contributed by atoms with Crippen molar-refractivity contribution in [3.05, 3.63) is 0 Å². The van der Waals surface area contributed by atoms with Gasteiger partial charge in [-0.25, -0.2) is 0 Å². The summed E-state index contributed by atoms with van der Waals surface area (Å²) in [6.07, 6.45) is 9.55. The predicted octanol–water partition coefficient (Wildman–Crippen LogP) is 2.92. The molecule has 2 heteroatoms. The van der Waals surface area contributed by atoms with Crippen LogP contribution in [-0.4, -0.2) is 11.1 Å². The Balaban J connectivity index is 1.54. The van der Waals surface area contributed by atoms with Crippen LogP contribution < -0.4 is 0 Å². The van der Waals surface area contributed by atoms with Crippen LogP contribution in [0.3, 0.4) is 0 Å². The van der Waals surface area contributed by atoms with Gasteiger partial charge in [-0.15, -0.1) is 0 Å². The number of rotatable bonds is 2. The number of hydrogen-bond acceptors (Lipinski definition) is 1. The van der Waals surface area contributed by atoms with Gasteiger partial charge in [0.2, 0.25) is 0 Å². The maximum Gasteiger partial charge on any atom is 0.307 e. The minimum absolute atomic E-state index is 0.0461. The first-order chi connectivity index (χ1) is 7.27. The SMILES string of the molecule is O=C(O)C1C2CC(C3CCCCC3)CC21. The standard InChI is InChI=1S/C13H20O2/c14-13(15)12-10-6-9(7-11(10)12)8-4-2-1-3-5-8/h8-12H,1-7H2,(H,14,15). The number of carbonyl (C=O) groups is 1. The van der Waals surface area contributed by atoms with Gasteiger partial charge in [0.1, 0.15) is 0 Å². The number of hydrogen-bond donors (Lipinski definition) is 1. The average Bonchev–Trinajstić information content (AvgIpc) is 2.77. The molecule has 0 aliphatic heterocycles. The van der Waals surface area contributed by atoms with Gasteiger partial charge in [-0.05, 0) is 36.5 Å². The fourth-order valence-electron chi connectivity index (χ4n) is 4.24. The lowest BCUT2D eigenvalue weighted by molar-refractivity contribution is -0.139. The maximum atomic E-state index is 10.9. The van der Waals surface area contributed by atoms with E-state index in [-0.39, 0.29) is 5.92 Å². The van der Waals surface area contributed by atoms with Gasteiger partial charge in [0.15, 0.2) is 0 Å². The molecule has 3 saturated carbocycles. The molecule has 0 aromatic rings. The minimum atomic E-state index is -0.535. The molecule has 1 N–H and O–H groups in total. The highest BCUT2D eigenvalue weighted by atomic mass is 16.4. The van der Waals surface area contributed by atoms with Crippen LogP contribution in [0, 0.1) is 29.6 Å². The van der Waals surface area contributed by atoms with Crippen molar-refractivity contribution in [2.75, 3.05) is 0 Å². The van der Waals surface area contributed by atoms with Gasteiger partial charge in [0, 0.05) is 0 Å². The zero-order valence-electron chi connectivity index (χ0n) is 9.19. The number of fused-ring (bicyclic) bond motifs is 1. The smallest absolute Gasteiger partial charge is 0.307 e. The quantitative estimate of drug-likeness (QED) is 0.757. The summed E-state index contributed by atoms with van der Waals surface area (Å²) in [5.74, 6) is 2.47. The van der Waals surface area contributed by atoms with E-state index in [2.05, 4.69) is 0 Å². The van der Waals surface area contributed by atoms with Crippen molar-refractivity contribution in [3.8, 4) is 0 Å². The van der Waals surface area contributed by atoms with Crippen LogP contribution in [0.1, 0.15) is 44.9 Å². The van der Waals surface area contributed by atoms with Crippen molar-refractivity contribution in [2.24, 2.45) is 29.6 Å². The fourth-order valence-corrected chi connectivity index (χ4v) is 4.24. The van der Waals surface area contributed by atoms with Crippen molar-refractivity contribution < 1.29 is 9.90 Å². The highest BCUT2D eigenvalue weighted by Gasteiger charge is 2.60. The van der Waals surface area contributed by atoms with Crippen LogP contribution >= 0.6 is 0 Å². The maximum absolute atomic E-state index is 10.9. The summed E-state index contributed by atoms with van der Waals surface area (Å²) < 4.78 is 0. The molecule has 0 saturated heterocycles. The lowest BCUT2D eigenvalue weighted by Gasteiger charge is -2.28. The molecule has 3 aliphatic carbocycles. The monoisotopic (exact) mass is 208 g/mol. The molecule has 3 rings (SSSR count). The van der Waals surface area contributed by atoms with E-state index in [1.807, 2.05) is 0 Å². The molecule has 0 radical (unpaired) electrons. The molecule has 0 aromatic carbocycles. The summed E-state index contributed by atoms with van der Waals surface area (Å²) in [7, 11) is 0. The van der Waals surface area contributed by atoms with Gasteiger partial charge in [-0.3, -0.25) is 4.79 Å². The van der Waals surface area contributed by atoms with E-state index >= 15 is 0 Å². The minimum Gasteiger partial charge on any atom is -0.481 e. The van der Waals surface area contributed by atoms with E-state index in [4.69, 9.17) is 5.11 Å². The van der Waals surface area contributed by atoms with Crippen LogP contribution in [0.2, 0.25) is 0 Å². The van der Waals surface area contributed by atoms with Crippen LogP contribution in [0.25, 0.3) is 0 Å². The zero-order chi connectivity index (χ0) is 10.4. The average molecular weight is 208 g/mol. The molecule has 15 heavy (non-hydrogen) atoms. The number of aliphatic carboxylic acids is 1. The second-order valence-electron chi connectivity index (χ2n) is 5.82. The Kier molecular flexibility index (Phi) is 2.26. The highest BCUT2D eigenvalue weighted by Crippen LogP contribution is 2.62.